The molecule has 31 heavy (non-hydrogen) atoms. The van der Waals surface area contributed by atoms with Crippen molar-refractivity contribution in [1.82, 2.24) is 15.5 Å². The molecule has 3 aliphatic heterocycles. The molecule has 3 fully saturated rings. The highest BCUT2D eigenvalue weighted by atomic mass is 16.5. The zero-order valence-corrected chi connectivity index (χ0v) is 19.4. The molecule has 3 unspecified atom stereocenters. The summed E-state index contributed by atoms with van der Waals surface area (Å²) in [5, 5.41) is 15.2. The Balaban J connectivity index is 1.96. The smallest absolute Gasteiger partial charge is 0.245 e. The summed E-state index contributed by atoms with van der Waals surface area (Å²) in [4.78, 5) is 41.8. The van der Waals surface area contributed by atoms with Crippen LogP contribution in [0.4, 0.5) is 0 Å². The van der Waals surface area contributed by atoms with Crippen LogP contribution < -0.4 is 10.6 Å². The summed E-state index contributed by atoms with van der Waals surface area (Å²) in [6.07, 6.45) is 4.38. The normalized spacial score (nSPS) is 36.0. The second kappa shape index (κ2) is 9.45. The number of carbonyl (C=O) groups is 3. The molecule has 8 nitrogen and oxygen atoms in total. The second-order valence-corrected chi connectivity index (χ2v) is 9.60. The van der Waals surface area contributed by atoms with Crippen molar-refractivity contribution in [3.8, 4) is 0 Å². The topological polar surface area (TPSA) is 108 Å². The van der Waals surface area contributed by atoms with E-state index in [0.717, 1.165) is 19.3 Å². The third-order valence-electron chi connectivity index (χ3n) is 7.53. The minimum atomic E-state index is -0.977. The molecule has 176 valence electrons. The Hall–Kier alpha value is -1.67. The Morgan fingerprint density at radius 2 is 1.84 bits per heavy atom. The summed E-state index contributed by atoms with van der Waals surface area (Å²) >= 11 is 0. The SMILES string of the molecule is CCCCNC(=O)C1N(CCCCO)C(=O)[C@@H]2[C@@H](C(=O)NCCC)[C@]3(C)OC12CC3C. The van der Waals surface area contributed by atoms with Gasteiger partial charge in [-0.1, -0.05) is 27.2 Å². The first-order valence-electron chi connectivity index (χ1n) is 11.9. The molecule has 3 rings (SSSR count). The van der Waals surface area contributed by atoms with Crippen LogP contribution in [0.2, 0.25) is 0 Å². The number of amides is 3. The molecule has 3 N–H and O–H groups in total. The third kappa shape index (κ3) is 3.86. The molecule has 3 aliphatic rings. The number of fused-ring (bicyclic) bond motifs is 1. The van der Waals surface area contributed by atoms with Gasteiger partial charge in [-0.25, -0.2) is 0 Å². The minimum Gasteiger partial charge on any atom is -0.396 e. The highest BCUT2D eigenvalue weighted by molar-refractivity contribution is 5.99. The van der Waals surface area contributed by atoms with Gasteiger partial charge in [0.25, 0.3) is 0 Å². The minimum absolute atomic E-state index is 0.0393. The van der Waals surface area contributed by atoms with E-state index in [4.69, 9.17) is 4.74 Å². The van der Waals surface area contributed by atoms with Gasteiger partial charge in [-0.2, -0.15) is 0 Å². The lowest BCUT2D eigenvalue weighted by Gasteiger charge is -2.36. The number of aliphatic hydroxyl groups excluding tert-OH is 1. The first-order valence-corrected chi connectivity index (χ1v) is 11.9. The number of aliphatic hydroxyl groups is 1. The number of nitrogens with one attached hydrogen (secondary N) is 2. The van der Waals surface area contributed by atoms with Gasteiger partial charge in [-0.3, -0.25) is 14.4 Å². The van der Waals surface area contributed by atoms with E-state index < -0.39 is 29.1 Å². The maximum atomic E-state index is 13.7. The van der Waals surface area contributed by atoms with Crippen molar-refractivity contribution in [1.29, 1.82) is 0 Å². The first kappa shape index (κ1) is 24.0. The van der Waals surface area contributed by atoms with E-state index in [-0.39, 0.29) is 30.2 Å². The lowest BCUT2D eigenvalue weighted by molar-refractivity contribution is -0.147. The zero-order chi connectivity index (χ0) is 22.8. The van der Waals surface area contributed by atoms with Crippen molar-refractivity contribution >= 4 is 17.7 Å². The van der Waals surface area contributed by atoms with Crippen molar-refractivity contribution in [3.63, 3.8) is 0 Å². The van der Waals surface area contributed by atoms with Crippen LogP contribution in [-0.4, -0.2) is 71.2 Å². The molecule has 0 radical (unpaired) electrons. The fraction of sp³-hybridized carbons (Fsp3) is 0.870. The van der Waals surface area contributed by atoms with Gasteiger partial charge in [0.1, 0.15) is 11.6 Å². The van der Waals surface area contributed by atoms with Gasteiger partial charge in [0.05, 0.1) is 17.4 Å². The molecule has 3 saturated heterocycles. The van der Waals surface area contributed by atoms with Gasteiger partial charge in [0.2, 0.25) is 17.7 Å². The molecule has 0 aromatic rings. The lowest BCUT2D eigenvalue weighted by Crippen LogP contribution is -2.56. The Morgan fingerprint density at radius 3 is 2.48 bits per heavy atom. The second-order valence-electron chi connectivity index (χ2n) is 9.60. The van der Waals surface area contributed by atoms with Crippen molar-refractivity contribution < 1.29 is 24.2 Å². The highest BCUT2D eigenvalue weighted by Crippen LogP contribution is 2.65. The van der Waals surface area contributed by atoms with Crippen molar-refractivity contribution in [2.45, 2.75) is 83.5 Å². The highest BCUT2D eigenvalue weighted by Gasteiger charge is 2.79. The summed E-state index contributed by atoms with van der Waals surface area (Å²) in [6.45, 7) is 9.55. The van der Waals surface area contributed by atoms with Crippen LogP contribution in [0.15, 0.2) is 0 Å². The van der Waals surface area contributed by atoms with E-state index in [1.807, 2.05) is 13.8 Å². The predicted molar refractivity (Wildman–Crippen MR) is 116 cm³/mol. The molecular weight excluding hydrogens is 398 g/mol. The number of hydrogen-bond donors (Lipinski definition) is 3. The molecule has 3 heterocycles. The van der Waals surface area contributed by atoms with E-state index in [0.29, 0.717) is 38.9 Å². The molecule has 3 amide bonds. The fourth-order valence-corrected chi connectivity index (χ4v) is 5.92. The van der Waals surface area contributed by atoms with E-state index in [9.17, 15) is 19.5 Å². The van der Waals surface area contributed by atoms with Crippen LogP contribution in [-0.2, 0) is 19.1 Å². The fourth-order valence-electron chi connectivity index (χ4n) is 5.92. The van der Waals surface area contributed by atoms with E-state index in [1.165, 1.54) is 0 Å². The van der Waals surface area contributed by atoms with Gasteiger partial charge in [-0.05, 0) is 44.9 Å². The first-order chi connectivity index (χ1) is 14.8. The van der Waals surface area contributed by atoms with Crippen LogP contribution in [0.3, 0.4) is 0 Å². The Bertz CT molecular complexity index is 701. The van der Waals surface area contributed by atoms with Gasteiger partial charge in [-0.15, -0.1) is 0 Å². The quantitative estimate of drug-likeness (QED) is 0.421. The molecule has 6 atom stereocenters. The number of ether oxygens (including phenoxy) is 1. The van der Waals surface area contributed by atoms with Crippen LogP contribution >= 0.6 is 0 Å². The van der Waals surface area contributed by atoms with Gasteiger partial charge in [0, 0.05) is 26.2 Å². The Morgan fingerprint density at radius 1 is 1.13 bits per heavy atom. The monoisotopic (exact) mass is 437 g/mol. The van der Waals surface area contributed by atoms with Crippen LogP contribution in [0.5, 0.6) is 0 Å². The molecular formula is C23H39N3O5. The number of nitrogens with zero attached hydrogens (tertiary/aromatic N) is 1. The van der Waals surface area contributed by atoms with Gasteiger partial charge in [0.15, 0.2) is 0 Å². The summed E-state index contributed by atoms with van der Waals surface area (Å²) in [7, 11) is 0. The van der Waals surface area contributed by atoms with Gasteiger partial charge < -0.3 is 25.4 Å². The molecule has 0 saturated carbocycles. The van der Waals surface area contributed by atoms with Crippen molar-refractivity contribution in [2.24, 2.45) is 17.8 Å². The van der Waals surface area contributed by atoms with E-state index in [1.54, 1.807) is 4.90 Å². The Kier molecular flexibility index (Phi) is 7.31. The number of carbonyl (C=O) groups excluding carboxylic acids is 3. The van der Waals surface area contributed by atoms with Crippen LogP contribution in [0.25, 0.3) is 0 Å². The van der Waals surface area contributed by atoms with Crippen LogP contribution in [0, 0.1) is 17.8 Å². The Labute approximate surface area is 185 Å². The van der Waals surface area contributed by atoms with Gasteiger partial charge >= 0.3 is 0 Å². The summed E-state index contributed by atoms with van der Waals surface area (Å²) in [5.41, 5.74) is -1.74. The van der Waals surface area contributed by atoms with E-state index >= 15 is 0 Å². The molecule has 0 aromatic heterocycles. The molecule has 1 spiro atoms. The molecule has 0 aliphatic carbocycles. The molecule has 2 bridgehead atoms. The number of rotatable bonds is 11. The maximum Gasteiger partial charge on any atom is 0.245 e. The average Bonchev–Trinajstić information content (AvgIpc) is 3.24. The summed E-state index contributed by atoms with van der Waals surface area (Å²) < 4.78 is 6.61. The van der Waals surface area contributed by atoms with Crippen LogP contribution in [0.1, 0.15) is 66.2 Å². The number of unbranched alkanes of at least 4 members (excludes halogenated alkanes) is 2. The average molecular weight is 438 g/mol. The summed E-state index contributed by atoms with van der Waals surface area (Å²) in [5.74, 6) is -1.72. The third-order valence-corrected chi connectivity index (χ3v) is 7.53. The summed E-state index contributed by atoms with van der Waals surface area (Å²) in [6, 6.07) is -0.742. The number of hydrogen-bond acceptors (Lipinski definition) is 5. The largest absolute Gasteiger partial charge is 0.396 e. The number of likely N-dealkylation sites (tertiary alicyclic amines) is 1. The molecule has 8 heteroatoms. The molecule has 0 aromatic carbocycles. The lowest BCUT2D eigenvalue weighted by atomic mass is 9.62. The zero-order valence-electron chi connectivity index (χ0n) is 19.4. The van der Waals surface area contributed by atoms with Crippen molar-refractivity contribution in [2.75, 3.05) is 26.2 Å². The predicted octanol–water partition coefficient (Wildman–Crippen LogP) is 1.21. The van der Waals surface area contributed by atoms with E-state index in [2.05, 4.69) is 24.5 Å². The maximum absolute atomic E-state index is 13.7. The van der Waals surface area contributed by atoms with Crippen molar-refractivity contribution in [3.05, 3.63) is 0 Å². The standard InChI is InChI=1S/C23H39N3O5/c1-5-7-11-25-20(29)18-23-14-15(3)22(4,31-23)16(19(28)24-10-6-2)17(23)21(30)26(18)12-8-9-13-27/h15-18,27H,5-14H2,1-4H3,(H,24,28)(H,25,29)/t15?,16-,17-,18?,22+,23?/m0/s1.